The third-order valence-electron chi connectivity index (χ3n) is 3.32. The van der Waals surface area contributed by atoms with Gasteiger partial charge >= 0.3 is 0 Å². The van der Waals surface area contributed by atoms with Crippen molar-refractivity contribution in [3.05, 3.63) is 41.1 Å². The number of rotatable bonds is 3. The van der Waals surface area contributed by atoms with Crippen LogP contribution in [0.1, 0.15) is 37.5 Å². The van der Waals surface area contributed by atoms with Crippen molar-refractivity contribution in [1.29, 1.82) is 0 Å². The molecule has 0 fully saturated rings. The Kier molecular flexibility index (Phi) is 3.76. The van der Waals surface area contributed by atoms with Crippen molar-refractivity contribution in [3.8, 4) is 11.3 Å². The Hall–Kier alpha value is -1.61. The summed E-state index contributed by atoms with van der Waals surface area (Å²) in [6.45, 7) is 11.6. The second-order valence-corrected chi connectivity index (χ2v) is 6.17. The minimum atomic E-state index is 0.109. The van der Waals surface area contributed by atoms with E-state index >= 15 is 0 Å². The number of nitrogens with one attached hydrogen (secondary N) is 2. The van der Waals surface area contributed by atoms with Gasteiger partial charge in [0.1, 0.15) is 0 Å². The van der Waals surface area contributed by atoms with E-state index in [1.807, 2.05) is 6.20 Å². The van der Waals surface area contributed by atoms with Crippen molar-refractivity contribution in [3.63, 3.8) is 0 Å². The maximum absolute atomic E-state index is 4.19. The Morgan fingerprint density at radius 2 is 1.89 bits per heavy atom. The van der Waals surface area contributed by atoms with Crippen LogP contribution >= 0.6 is 0 Å². The van der Waals surface area contributed by atoms with Gasteiger partial charge < -0.3 is 5.32 Å². The fourth-order valence-corrected chi connectivity index (χ4v) is 1.95. The van der Waals surface area contributed by atoms with Crippen molar-refractivity contribution < 1.29 is 0 Å². The molecule has 0 saturated heterocycles. The van der Waals surface area contributed by atoms with Crippen LogP contribution in [0.5, 0.6) is 0 Å². The van der Waals surface area contributed by atoms with Crippen LogP contribution in [0.2, 0.25) is 0 Å². The molecule has 2 rings (SSSR count). The molecule has 19 heavy (non-hydrogen) atoms. The lowest BCUT2D eigenvalue weighted by Gasteiger charge is -2.20. The number of aryl methyl sites for hydroxylation is 2. The lowest BCUT2D eigenvalue weighted by atomic mass is 10.0. The van der Waals surface area contributed by atoms with Crippen LogP contribution in [0.4, 0.5) is 0 Å². The van der Waals surface area contributed by atoms with Gasteiger partial charge in [0.25, 0.3) is 0 Å². The van der Waals surface area contributed by atoms with Crippen LogP contribution in [-0.2, 0) is 6.54 Å². The van der Waals surface area contributed by atoms with E-state index in [-0.39, 0.29) is 5.54 Å². The summed E-state index contributed by atoms with van der Waals surface area (Å²) < 4.78 is 0. The number of hydrogen-bond donors (Lipinski definition) is 2. The summed E-state index contributed by atoms with van der Waals surface area (Å²) in [6, 6.07) is 6.52. The van der Waals surface area contributed by atoms with E-state index in [0.717, 1.165) is 12.2 Å². The summed E-state index contributed by atoms with van der Waals surface area (Å²) >= 11 is 0. The lowest BCUT2D eigenvalue weighted by Crippen LogP contribution is -2.35. The van der Waals surface area contributed by atoms with E-state index in [2.05, 4.69) is 68.3 Å². The SMILES string of the molecule is Cc1ccc(-c2[nH]ncc2CNC(C)(C)C)cc1C. The van der Waals surface area contributed by atoms with E-state index in [9.17, 15) is 0 Å². The molecule has 102 valence electrons. The fraction of sp³-hybridized carbons (Fsp3) is 0.438. The number of benzene rings is 1. The van der Waals surface area contributed by atoms with Crippen molar-refractivity contribution in [1.82, 2.24) is 15.5 Å². The van der Waals surface area contributed by atoms with E-state index in [4.69, 9.17) is 0 Å². The summed E-state index contributed by atoms with van der Waals surface area (Å²) in [7, 11) is 0. The van der Waals surface area contributed by atoms with Gasteiger partial charge in [-0.2, -0.15) is 5.10 Å². The van der Waals surface area contributed by atoms with Gasteiger partial charge in [0, 0.05) is 23.2 Å². The smallest absolute Gasteiger partial charge is 0.0695 e. The molecule has 0 aliphatic heterocycles. The Morgan fingerprint density at radius 3 is 2.53 bits per heavy atom. The highest BCUT2D eigenvalue weighted by atomic mass is 15.1. The van der Waals surface area contributed by atoms with Crippen molar-refractivity contribution in [2.45, 2.75) is 46.7 Å². The third-order valence-corrected chi connectivity index (χ3v) is 3.32. The molecule has 1 heterocycles. The summed E-state index contributed by atoms with van der Waals surface area (Å²) in [5.41, 5.74) is 6.25. The van der Waals surface area contributed by atoms with E-state index in [1.165, 1.54) is 22.3 Å². The fourth-order valence-electron chi connectivity index (χ4n) is 1.95. The minimum absolute atomic E-state index is 0.109. The van der Waals surface area contributed by atoms with Gasteiger partial charge in [0.05, 0.1) is 11.9 Å². The van der Waals surface area contributed by atoms with Gasteiger partial charge in [-0.1, -0.05) is 12.1 Å². The molecular weight excluding hydrogens is 234 g/mol. The molecule has 0 spiro atoms. The summed E-state index contributed by atoms with van der Waals surface area (Å²) in [5, 5.41) is 10.8. The molecule has 1 aromatic carbocycles. The van der Waals surface area contributed by atoms with E-state index in [0.29, 0.717) is 0 Å². The van der Waals surface area contributed by atoms with Crippen LogP contribution in [0.25, 0.3) is 11.3 Å². The lowest BCUT2D eigenvalue weighted by molar-refractivity contribution is 0.424. The molecule has 0 bridgehead atoms. The molecule has 0 radical (unpaired) electrons. The van der Waals surface area contributed by atoms with Crippen LogP contribution in [-0.4, -0.2) is 15.7 Å². The number of nitrogens with zero attached hydrogens (tertiary/aromatic N) is 1. The van der Waals surface area contributed by atoms with Crippen molar-refractivity contribution in [2.24, 2.45) is 0 Å². The van der Waals surface area contributed by atoms with Gasteiger partial charge in [-0.25, -0.2) is 0 Å². The Labute approximate surface area is 115 Å². The second kappa shape index (κ2) is 5.17. The number of aromatic amines is 1. The maximum atomic E-state index is 4.19. The third kappa shape index (κ3) is 3.44. The molecule has 0 amide bonds. The Bertz CT molecular complexity index is 562. The molecule has 3 nitrogen and oxygen atoms in total. The Balaban J connectivity index is 2.26. The molecular formula is C16H23N3. The molecule has 3 heteroatoms. The maximum Gasteiger partial charge on any atom is 0.0695 e. The first-order chi connectivity index (χ1) is 8.87. The zero-order chi connectivity index (χ0) is 14.0. The second-order valence-electron chi connectivity index (χ2n) is 6.17. The number of hydrogen-bond acceptors (Lipinski definition) is 2. The number of aromatic nitrogens is 2. The van der Waals surface area contributed by atoms with Crippen molar-refractivity contribution >= 4 is 0 Å². The molecule has 0 saturated carbocycles. The highest BCUT2D eigenvalue weighted by Gasteiger charge is 2.12. The monoisotopic (exact) mass is 257 g/mol. The molecule has 0 aliphatic carbocycles. The van der Waals surface area contributed by atoms with Crippen molar-refractivity contribution in [2.75, 3.05) is 0 Å². The minimum Gasteiger partial charge on any atom is -0.308 e. The largest absolute Gasteiger partial charge is 0.308 e. The van der Waals surface area contributed by atoms with Crippen LogP contribution in [0, 0.1) is 13.8 Å². The van der Waals surface area contributed by atoms with Gasteiger partial charge in [0.15, 0.2) is 0 Å². The quantitative estimate of drug-likeness (QED) is 0.882. The summed E-state index contributed by atoms with van der Waals surface area (Å²) in [6.07, 6.45) is 1.91. The van der Waals surface area contributed by atoms with E-state index < -0.39 is 0 Å². The average molecular weight is 257 g/mol. The Morgan fingerprint density at radius 1 is 1.16 bits per heavy atom. The molecule has 1 aromatic heterocycles. The van der Waals surface area contributed by atoms with E-state index in [1.54, 1.807) is 0 Å². The summed E-state index contributed by atoms with van der Waals surface area (Å²) in [4.78, 5) is 0. The summed E-state index contributed by atoms with van der Waals surface area (Å²) in [5.74, 6) is 0. The first-order valence-corrected chi connectivity index (χ1v) is 6.72. The van der Waals surface area contributed by atoms with Crippen LogP contribution < -0.4 is 5.32 Å². The normalized spacial score (nSPS) is 11.8. The van der Waals surface area contributed by atoms with Gasteiger partial charge in [-0.15, -0.1) is 0 Å². The molecule has 0 aliphatic rings. The molecule has 2 aromatic rings. The predicted molar refractivity (Wildman–Crippen MR) is 80.1 cm³/mol. The average Bonchev–Trinajstić information content (AvgIpc) is 2.77. The first-order valence-electron chi connectivity index (χ1n) is 6.72. The number of H-pyrrole nitrogens is 1. The highest BCUT2D eigenvalue weighted by molar-refractivity contribution is 5.64. The molecule has 0 atom stereocenters. The zero-order valence-electron chi connectivity index (χ0n) is 12.5. The topological polar surface area (TPSA) is 40.7 Å². The van der Waals surface area contributed by atoms with Gasteiger partial charge in [-0.3, -0.25) is 5.10 Å². The zero-order valence-corrected chi connectivity index (χ0v) is 12.5. The highest BCUT2D eigenvalue weighted by Crippen LogP contribution is 2.23. The van der Waals surface area contributed by atoms with Crippen LogP contribution in [0.3, 0.4) is 0 Å². The van der Waals surface area contributed by atoms with Crippen LogP contribution in [0.15, 0.2) is 24.4 Å². The van der Waals surface area contributed by atoms with Gasteiger partial charge in [-0.05, 0) is 51.8 Å². The predicted octanol–water partition coefficient (Wildman–Crippen LogP) is 3.58. The first kappa shape index (κ1) is 13.8. The van der Waals surface area contributed by atoms with Gasteiger partial charge in [0.2, 0.25) is 0 Å². The molecule has 0 unspecified atom stereocenters. The molecule has 2 N–H and O–H groups in total. The standard InChI is InChI=1S/C16H23N3/c1-11-6-7-13(8-12(11)2)15-14(10-18-19-15)9-17-16(3,4)5/h6-8,10,17H,9H2,1-5H3,(H,18,19).